The molecule has 1 aromatic heterocycles. The Labute approximate surface area is 239 Å². The summed E-state index contributed by atoms with van der Waals surface area (Å²) in [5.74, 6) is -2.60. The molecule has 0 aliphatic carbocycles. The normalized spacial score (nSPS) is 15.3. The number of phenols is 1. The van der Waals surface area contributed by atoms with E-state index in [1.54, 1.807) is 21.9 Å². The minimum atomic E-state index is -0.961. The number of pyridine rings is 1. The lowest BCUT2D eigenvalue weighted by molar-refractivity contribution is -0.130. The van der Waals surface area contributed by atoms with Gasteiger partial charge in [0.05, 0.1) is 35.3 Å². The quantitative estimate of drug-likeness (QED) is 0.131. The SMILES string of the molecule is C=CC(=O)N1CCN(C(=Nc2ccccc2SC)c2cc(F)c(-c3c(O)cccc3F)nc2NC=O)CC1CC#N. The van der Waals surface area contributed by atoms with E-state index in [1.165, 1.54) is 30.0 Å². The van der Waals surface area contributed by atoms with Crippen LogP contribution in [-0.4, -0.2) is 70.0 Å². The van der Waals surface area contributed by atoms with Gasteiger partial charge in [0.25, 0.3) is 0 Å². The number of hydrogen-bond donors (Lipinski definition) is 2. The van der Waals surface area contributed by atoms with Gasteiger partial charge in [-0.25, -0.2) is 18.8 Å². The summed E-state index contributed by atoms with van der Waals surface area (Å²) < 4.78 is 30.3. The van der Waals surface area contributed by atoms with Crippen molar-refractivity contribution in [1.29, 1.82) is 5.26 Å². The third-order valence-electron chi connectivity index (χ3n) is 6.52. The lowest BCUT2D eigenvalue weighted by Crippen LogP contribution is -2.56. The maximum atomic E-state index is 15.7. The first-order chi connectivity index (χ1) is 19.8. The van der Waals surface area contributed by atoms with Crippen molar-refractivity contribution in [2.24, 2.45) is 4.99 Å². The lowest BCUT2D eigenvalue weighted by Gasteiger charge is -2.41. The average Bonchev–Trinajstić information content (AvgIpc) is 2.97. The van der Waals surface area contributed by atoms with Gasteiger partial charge >= 0.3 is 0 Å². The Morgan fingerprint density at radius 2 is 2.05 bits per heavy atom. The summed E-state index contributed by atoms with van der Waals surface area (Å²) in [5.41, 5.74) is -0.308. The van der Waals surface area contributed by atoms with E-state index in [0.29, 0.717) is 12.1 Å². The van der Waals surface area contributed by atoms with Gasteiger partial charge in [-0.3, -0.25) is 9.59 Å². The summed E-state index contributed by atoms with van der Waals surface area (Å²) in [5, 5.41) is 22.2. The van der Waals surface area contributed by atoms with E-state index in [0.717, 1.165) is 17.0 Å². The van der Waals surface area contributed by atoms with Crippen molar-refractivity contribution >= 4 is 41.4 Å². The van der Waals surface area contributed by atoms with Crippen molar-refractivity contribution < 1.29 is 23.5 Å². The number of thioether (sulfide) groups is 1. The zero-order valence-corrected chi connectivity index (χ0v) is 22.9. The van der Waals surface area contributed by atoms with Gasteiger partial charge in [0.1, 0.15) is 28.9 Å². The number of halogens is 2. The molecule has 210 valence electrons. The number of benzene rings is 2. The number of amides is 2. The van der Waals surface area contributed by atoms with Crippen molar-refractivity contribution in [3.8, 4) is 23.1 Å². The van der Waals surface area contributed by atoms with Crippen LogP contribution in [0.25, 0.3) is 11.3 Å². The molecule has 0 saturated carbocycles. The Morgan fingerprint density at radius 1 is 1.27 bits per heavy atom. The zero-order valence-electron chi connectivity index (χ0n) is 22.1. The lowest BCUT2D eigenvalue weighted by atomic mass is 10.0. The van der Waals surface area contributed by atoms with Gasteiger partial charge in [0.2, 0.25) is 12.3 Å². The van der Waals surface area contributed by atoms with Crippen LogP contribution in [0.2, 0.25) is 0 Å². The monoisotopic (exact) mass is 576 g/mol. The van der Waals surface area contributed by atoms with Crippen molar-refractivity contribution in [3.63, 3.8) is 0 Å². The van der Waals surface area contributed by atoms with Crippen LogP contribution in [0.15, 0.2) is 71.1 Å². The molecule has 12 heteroatoms. The molecule has 1 saturated heterocycles. The van der Waals surface area contributed by atoms with Crippen LogP contribution >= 0.6 is 11.8 Å². The van der Waals surface area contributed by atoms with Crippen LogP contribution < -0.4 is 5.32 Å². The van der Waals surface area contributed by atoms with Gasteiger partial charge in [-0.1, -0.05) is 24.8 Å². The van der Waals surface area contributed by atoms with E-state index in [4.69, 9.17) is 4.99 Å². The minimum absolute atomic E-state index is 0.0301. The van der Waals surface area contributed by atoms with Crippen molar-refractivity contribution in [3.05, 3.63) is 78.4 Å². The van der Waals surface area contributed by atoms with Crippen molar-refractivity contribution in [1.82, 2.24) is 14.8 Å². The number of nitrogens with one attached hydrogen (secondary N) is 1. The number of rotatable bonds is 8. The molecule has 1 atom stereocenters. The van der Waals surface area contributed by atoms with E-state index < -0.39 is 34.7 Å². The molecular formula is C29H26F2N6O3S. The van der Waals surface area contributed by atoms with Crippen molar-refractivity contribution in [2.45, 2.75) is 17.4 Å². The Bertz CT molecular complexity index is 1540. The molecule has 9 nitrogen and oxygen atoms in total. The van der Waals surface area contributed by atoms with Crippen LogP contribution in [0, 0.1) is 23.0 Å². The molecule has 2 amide bonds. The van der Waals surface area contributed by atoms with Crippen LogP contribution in [0.4, 0.5) is 20.3 Å². The Kier molecular flexibility index (Phi) is 9.31. The van der Waals surface area contributed by atoms with Gasteiger partial charge in [-0.05, 0) is 42.7 Å². The highest BCUT2D eigenvalue weighted by Crippen LogP contribution is 2.35. The predicted octanol–water partition coefficient (Wildman–Crippen LogP) is 4.71. The van der Waals surface area contributed by atoms with Gasteiger partial charge < -0.3 is 20.2 Å². The largest absolute Gasteiger partial charge is 0.507 e. The first-order valence-electron chi connectivity index (χ1n) is 12.5. The highest BCUT2D eigenvalue weighted by atomic mass is 32.2. The number of amidine groups is 1. The second-order valence-electron chi connectivity index (χ2n) is 8.92. The first kappa shape index (κ1) is 29.2. The Balaban J connectivity index is 1.92. The van der Waals surface area contributed by atoms with E-state index in [1.807, 2.05) is 18.4 Å². The molecule has 4 rings (SSSR count). The fourth-order valence-corrected chi connectivity index (χ4v) is 5.16. The molecule has 0 radical (unpaired) electrons. The molecule has 0 spiro atoms. The van der Waals surface area contributed by atoms with E-state index >= 15 is 4.39 Å². The Morgan fingerprint density at radius 3 is 2.73 bits per heavy atom. The zero-order chi connectivity index (χ0) is 29.5. The minimum Gasteiger partial charge on any atom is -0.507 e. The molecule has 1 unspecified atom stereocenters. The standard InChI is InChI=1S/C29H26F2N6O3S/c1-3-25(40)37-14-13-36(16-18(37)11-12-32)29(34-22-8-4-5-10-24(22)41-2)19-15-21(31)27(35-28(19)33-17-38)26-20(30)7-6-9-23(26)39/h3-10,15,17-18,39H,1,11,13-14,16H2,2H3,(H,33,35,38). The average molecular weight is 577 g/mol. The molecule has 1 fully saturated rings. The number of aromatic hydroxyl groups is 1. The van der Waals surface area contributed by atoms with Crippen LogP contribution in [0.1, 0.15) is 12.0 Å². The van der Waals surface area contributed by atoms with E-state index in [2.05, 4.69) is 22.9 Å². The first-order valence-corrected chi connectivity index (χ1v) is 13.7. The maximum Gasteiger partial charge on any atom is 0.246 e. The third-order valence-corrected chi connectivity index (χ3v) is 7.30. The van der Waals surface area contributed by atoms with Crippen molar-refractivity contribution in [2.75, 3.05) is 31.2 Å². The van der Waals surface area contributed by atoms with Crippen LogP contribution in [-0.2, 0) is 9.59 Å². The van der Waals surface area contributed by atoms with Crippen LogP contribution in [0.3, 0.4) is 0 Å². The van der Waals surface area contributed by atoms with Gasteiger partial charge in [0, 0.05) is 24.5 Å². The molecule has 3 aromatic rings. The highest BCUT2D eigenvalue weighted by Gasteiger charge is 2.33. The predicted molar refractivity (Wildman–Crippen MR) is 153 cm³/mol. The molecule has 41 heavy (non-hydrogen) atoms. The number of nitriles is 1. The number of hydrogen-bond acceptors (Lipinski definition) is 7. The number of nitrogens with zero attached hydrogens (tertiary/aromatic N) is 5. The summed E-state index contributed by atoms with van der Waals surface area (Å²) in [6.45, 7) is 4.21. The number of aromatic nitrogens is 1. The van der Waals surface area contributed by atoms with E-state index in [9.17, 15) is 24.3 Å². The third kappa shape index (κ3) is 6.20. The topological polar surface area (TPSA) is 122 Å². The molecule has 2 heterocycles. The number of piperazine rings is 1. The van der Waals surface area contributed by atoms with E-state index in [-0.39, 0.29) is 49.2 Å². The Hall–Kier alpha value is -4.76. The summed E-state index contributed by atoms with van der Waals surface area (Å²) in [6, 6.07) is 13.5. The smallest absolute Gasteiger partial charge is 0.246 e. The molecule has 2 N–H and O–H groups in total. The summed E-state index contributed by atoms with van der Waals surface area (Å²) in [4.78, 5) is 37.3. The number of para-hydroxylation sites is 1. The van der Waals surface area contributed by atoms with Gasteiger partial charge in [0.15, 0.2) is 5.82 Å². The summed E-state index contributed by atoms with van der Waals surface area (Å²) in [6.07, 6.45) is 3.45. The molecule has 1 aliphatic heterocycles. The number of aliphatic imine (C=N–C) groups is 1. The second-order valence-corrected chi connectivity index (χ2v) is 9.76. The summed E-state index contributed by atoms with van der Waals surface area (Å²) in [7, 11) is 0. The van der Waals surface area contributed by atoms with Crippen LogP contribution in [0.5, 0.6) is 5.75 Å². The maximum absolute atomic E-state index is 15.7. The number of anilines is 1. The molecule has 2 aromatic carbocycles. The molecule has 1 aliphatic rings. The number of phenolic OH excluding ortho intramolecular Hbond substituents is 1. The second kappa shape index (κ2) is 13.1. The highest BCUT2D eigenvalue weighted by molar-refractivity contribution is 7.98. The van der Waals surface area contributed by atoms with Gasteiger partial charge in [-0.2, -0.15) is 5.26 Å². The number of carbonyl (C=O) groups is 2. The van der Waals surface area contributed by atoms with Gasteiger partial charge in [-0.15, -0.1) is 11.8 Å². The number of carbonyl (C=O) groups excluding carboxylic acids is 2. The molecule has 0 bridgehead atoms. The molecular weight excluding hydrogens is 550 g/mol. The fraction of sp³-hybridized carbons (Fsp3) is 0.207. The summed E-state index contributed by atoms with van der Waals surface area (Å²) >= 11 is 1.45. The fourth-order valence-electron chi connectivity index (χ4n) is 4.62.